The Labute approximate surface area is 185 Å². The number of hydrogen-bond acceptors (Lipinski definition) is 6. The third-order valence-electron chi connectivity index (χ3n) is 6.35. The van der Waals surface area contributed by atoms with Crippen LogP contribution in [-0.4, -0.2) is 61.3 Å². The lowest BCUT2D eigenvalue weighted by atomic mass is 9.91. The van der Waals surface area contributed by atoms with Crippen molar-refractivity contribution in [3.63, 3.8) is 0 Å². The number of anilines is 1. The van der Waals surface area contributed by atoms with Gasteiger partial charge < -0.3 is 15.5 Å². The Morgan fingerprint density at radius 3 is 2.97 bits per heavy atom. The number of urea groups is 1. The SMILES string of the molecule is CC1CCN(C(=O)N[C@@H]2CCC[C@H](Nc3nc(-c4n[nH]c5ncccc45)ncc3F)C2)C1. The fourth-order valence-electron chi connectivity index (χ4n) is 4.64. The van der Waals surface area contributed by atoms with Crippen molar-refractivity contribution in [3.05, 3.63) is 30.3 Å². The van der Waals surface area contributed by atoms with E-state index in [1.165, 1.54) is 0 Å². The molecule has 10 heteroatoms. The van der Waals surface area contributed by atoms with Crippen molar-refractivity contribution in [2.24, 2.45) is 5.92 Å². The first-order valence-corrected chi connectivity index (χ1v) is 11.2. The van der Waals surface area contributed by atoms with Crippen LogP contribution in [0.4, 0.5) is 15.0 Å². The highest BCUT2D eigenvalue weighted by molar-refractivity contribution is 5.88. The van der Waals surface area contributed by atoms with E-state index in [4.69, 9.17) is 0 Å². The van der Waals surface area contributed by atoms with E-state index in [1.807, 2.05) is 17.0 Å². The van der Waals surface area contributed by atoms with E-state index in [9.17, 15) is 9.18 Å². The summed E-state index contributed by atoms with van der Waals surface area (Å²) in [5, 5.41) is 14.3. The summed E-state index contributed by atoms with van der Waals surface area (Å²) in [5.41, 5.74) is 1.16. The van der Waals surface area contributed by atoms with Crippen LogP contribution in [0.1, 0.15) is 39.0 Å². The first kappa shape index (κ1) is 20.6. The summed E-state index contributed by atoms with van der Waals surface area (Å²) in [7, 11) is 0. The second kappa shape index (κ2) is 8.68. The first-order chi connectivity index (χ1) is 15.6. The molecule has 1 saturated carbocycles. The summed E-state index contributed by atoms with van der Waals surface area (Å²) in [6, 6.07) is 3.77. The van der Waals surface area contributed by atoms with Gasteiger partial charge in [0.1, 0.15) is 5.69 Å². The Hall–Kier alpha value is -3.30. The quantitative estimate of drug-likeness (QED) is 0.576. The fourth-order valence-corrected chi connectivity index (χ4v) is 4.64. The molecule has 2 amide bonds. The molecule has 3 aromatic heterocycles. The highest BCUT2D eigenvalue weighted by Gasteiger charge is 2.28. The number of aromatic nitrogens is 5. The van der Waals surface area contributed by atoms with Gasteiger partial charge in [-0.25, -0.2) is 24.1 Å². The van der Waals surface area contributed by atoms with Crippen molar-refractivity contribution in [2.75, 3.05) is 18.4 Å². The highest BCUT2D eigenvalue weighted by Crippen LogP contribution is 2.26. The van der Waals surface area contributed by atoms with Crippen LogP contribution in [-0.2, 0) is 0 Å². The van der Waals surface area contributed by atoms with E-state index < -0.39 is 5.82 Å². The molecule has 1 aliphatic heterocycles. The van der Waals surface area contributed by atoms with Crippen LogP contribution < -0.4 is 10.6 Å². The van der Waals surface area contributed by atoms with Gasteiger partial charge in [0.2, 0.25) is 0 Å². The van der Waals surface area contributed by atoms with E-state index in [0.717, 1.165) is 56.8 Å². The van der Waals surface area contributed by atoms with Gasteiger partial charge >= 0.3 is 6.03 Å². The van der Waals surface area contributed by atoms with Gasteiger partial charge in [0.25, 0.3) is 0 Å². The van der Waals surface area contributed by atoms with Crippen molar-refractivity contribution < 1.29 is 9.18 Å². The molecule has 0 aromatic carbocycles. The van der Waals surface area contributed by atoms with Gasteiger partial charge in [-0.05, 0) is 50.2 Å². The lowest BCUT2D eigenvalue weighted by molar-refractivity contribution is 0.198. The van der Waals surface area contributed by atoms with Crippen LogP contribution in [0.15, 0.2) is 24.5 Å². The number of nitrogens with one attached hydrogen (secondary N) is 3. The number of carbonyl (C=O) groups is 1. The smallest absolute Gasteiger partial charge is 0.317 e. The lowest BCUT2D eigenvalue weighted by Gasteiger charge is -2.32. The largest absolute Gasteiger partial charge is 0.365 e. The maximum absolute atomic E-state index is 14.5. The van der Waals surface area contributed by atoms with Crippen molar-refractivity contribution in [1.82, 2.24) is 35.4 Å². The normalized spacial score (nSPS) is 23.4. The summed E-state index contributed by atoms with van der Waals surface area (Å²) in [6.45, 7) is 3.79. The number of aromatic amines is 1. The molecule has 1 unspecified atom stereocenters. The van der Waals surface area contributed by atoms with Crippen molar-refractivity contribution in [1.29, 1.82) is 0 Å². The van der Waals surface area contributed by atoms with E-state index in [-0.39, 0.29) is 23.9 Å². The van der Waals surface area contributed by atoms with Crippen LogP contribution in [0.5, 0.6) is 0 Å². The van der Waals surface area contributed by atoms with Crippen molar-refractivity contribution in [2.45, 2.75) is 51.1 Å². The molecule has 168 valence electrons. The van der Waals surface area contributed by atoms with E-state index >= 15 is 0 Å². The van der Waals surface area contributed by atoms with Crippen LogP contribution in [0.2, 0.25) is 0 Å². The Kier molecular flexibility index (Phi) is 5.59. The number of fused-ring (bicyclic) bond motifs is 1. The Morgan fingerprint density at radius 2 is 2.12 bits per heavy atom. The maximum Gasteiger partial charge on any atom is 0.317 e. The number of H-pyrrole nitrogens is 1. The van der Waals surface area contributed by atoms with Gasteiger partial charge in [-0.1, -0.05) is 6.92 Å². The third-order valence-corrected chi connectivity index (χ3v) is 6.35. The molecule has 3 N–H and O–H groups in total. The Bertz CT molecular complexity index is 1120. The predicted molar refractivity (Wildman–Crippen MR) is 118 cm³/mol. The molecule has 1 aliphatic carbocycles. The summed E-state index contributed by atoms with van der Waals surface area (Å²) in [4.78, 5) is 27.2. The number of likely N-dealkylation sites (tertiary alicyclic amines) is 1. The third kappa shape index (κ3) is 4.21. The lowest BCUT2D eigenvalue weighted by Crippen LogP contribution is -2.47. The van der Waals surface area contributed by atoms with E-state index in [1.54, 1.807) is 6.20 Å². The molecule has 9 nitrogen and oxygen atoms in total. The van der Waals surface area contributed by atoms with Gasteiger partial charge in [-0.2, -0.15) is 5.10 Å². The zero-order valence-electron chi connectivity index (χ0n) is 18.0. The first-order valence-electron chi connectivity index (χ1n) is 11.2. The maximum atomic E-state index is 14.5. The van der Waals surface area contributed by atoms with E-state index in [0.29, 0.717) is 23.1 Å². The summed E-state index contributed by atoms with van der Waals surface area (Å²) in [6.07, 6.45) is 7.39. The molecule has 4 heterocycles. The number of hydrogen-bond donors (Lipinski definition) is 3. The molecule has 32 heavy (non-hydrogen) atoms. The molecular weight excluding hydrogens is 411 g/mol. The van der Waals surface area contributed by atoms with Crippen LogP contribution in [0, 0.1) is 11.7 Å². The average Bonchev–Trinajstić information content (AvgIpc) is 3.42. The van der Waals surface area contributed by atoms with Crippen LogP contribution in [0.3, 0.4) is 0 Å². The van der Waals surface area contributed by atoms with Gasteiger partial charge in [-0.3, -0.25) is 5.10 Å². The summed E-state index contributed by atoms with van der Waals surface area (Å²) < 4.78 is 14.5. The fraction of sp³-hybridized carbons (Fsp3) is 0.500. The number of carbonyl (C=O) groups excluding carboxylic acids is 1. The number of halogens is 1. The van der Waals surface area contributed by atoms with Gasteiger partial charge in [0.15, 0.2) is 23.1 Å². The monoisotopic (exact) mass is 438 g/mol. The standard InChI is InChI=1S/C22H27FN8O/c1-13-7-9-31(12-13)22(32)27-15-5-2-4-14(10-15)26-20-17(23)11-25-21(28-20)18-16-6-3-8-24-19(16)30-29-18/h3,6,8,11,13-15H,2,4-5,7,9-10,12H2,1H3,(H,27,32)(H,24,29,30)(H,25,26,28)/t13?,14-,15+/m0/s1. The molecule has 2 fully saturated rings. The van der Waals surface area contributed by atoms with Crippen molar-refractivity contribution in [3.8, 4) is 11.5 Å². The zero-order valence-corrected chi connectivity index (χ0v) is 18.0. The second-order valence-electron chi connectivity index (χ2n) is 8.86. The number of pyridine rings is 1. The molecule has 0 spiro atoms. The number of amides is 2. The van der Waals surface area contributed by atoms with Crippen LogP contribution >= 0.6 is 0 Å². The Morgan fingerprint density at radius 1 is 1.25 bits per heavy atom. The minimum absolute atomic E-state index is 0.00882. The molecule has 1 saturated heterocycles. The van der Waals surface area contributed by atoms with Gasteiger partial charge in [0, 0.05) is 31.4 Å². The second-order valence-corrected chi connectivity index (χ2v) is 8.86. The number of nitrogens with zero attached hydrogens (tertiary/aromatic N) is 5. The molecule has 2 aliphatic rings. The minimum Gasteiger partial charge on any atom is -0.365 e. The molecule has 0 bridgehead atoms. The average molecular weight is 439 g/mol. The molecule has 3 atom stereocenters. The highest BCUT2D eigenvalue weighted by atomic mass is 19.1. The predicted octanol–water partition coefficient (Wildman–Crippen LogP) is 3.33. The molecular formula is C22H27FN8O. The van der Waals surface area contributed by atoms with Gasteiger partial charge in [0.05, 0.1) is 11.6 Å². The van der Waals surface area contributed by atoms with Crippen molar-refractivity contribution >= 4 is 22.9 Å². The van der Waals surface area contributed by atoms with Gasteiger partial charge in [-0.15, -0.1) is 0 Å². The number of rotatable bonds is 4. The molecule has 5 rings (SSSR count). The molecule has 0 radical (unpaired) electrons. The minimum atomic E-state index is -0.510. The zero-order chi connectivity index (χ0) is 22.1. The Balaban J connectivity index is 1.27. The topological polar surface area (TPSA) is 112 Å². The van der Waals surface area contributed by atoms with E-state index in [2.05, 4.69) is 42.7 Å². The summed E-state index contributed by atoms with van der Waals surface area (Å²) >= 11 is 0. The summed E-state index contributed by atoms with van der Waals surface area (Å²) in [5.74, 6) is 0.528. The molecule has 3 aromatic rings. The van der Waals surface area contributed by atoms with Crippen LogP contribution in [0.25, 0.3) is 22.6 Å².